The second-order valence-electron chi connectivity index (χ2n) is 5.95. The summed E-state index contributed by atoms with van der Waals surface area (Å²) in [5.74, 6) is 0.653. The number of aromatic amines is 1. The molecule has 22 heavy (non-hydrogen) atoms. The summed E-state index contributed by atoms with van der Waals surface area (Å²) in [7, 11) is 0. The normalized spacial score (nSPS) is 20.0. The average Bonchev–Trinajstić information content (AvgIpc) is 3.17. The Balaban J connectivity index is 1.69. The summed E-state index contributed by atoms with van der Waals surface area (Å²) in [6, 6.07) is 15.6. The van der Waals surface area contributed by atoms with E-state index in [4.69, 9.17) is 0 Å². The largest absolute Gasteiger partial charge is 0.348 e. The van der Waals surface area contributed by atoms with Gasteiger partial charge in [0.1, 0.15) is 5.82 Å². The van der Waals surface area contributed by atoms with Crippen molar-refractivity contribution in [2.24, 2.45) is 0 Å². The zero-order chi connectivity index (χ0) is 14.9. The molecule has 2 atom stereocenters. The van der Waals surface area contributed by atoms with Crippen LogP contribution in [0.1, 0.15) is 40.6 Å². The van der Waals surface area contributed by atoms with Crippen molar-refractivity contribution >= 4 is 0 Å². The highest BCUT2D eigenvalue weighted by molar-refractivity contribution is 5.45. The quantitative estimate of drug-likeness (QED) is 0.761. The van der Waals surface area contributed by atoms with Gasteiger partial charge < -0.3 is 4.98 Å². The smallest absolute Gasteiger partial charge is 0.123 e. The van der Waals surface area contributed by atoms with Crippen LogP contribution in [0.4, 0.5) is 4.39 Å². The topological polar surface area (TPSA) is 28.7 Å². The van der Waals surface area contributed by atoms with E-state index >= 15 is 0 Å². The first-order valence-corrected chi connectivity index (χ1v) is 7.63. The number of H-pyrrole nitrogens is 1. The molecule has 0 radical (unpaired) electrons. The van der Waals surface area contributed by atoms with Crippen LogP contribution in [0, 0.1) is 5.82 Å². The number of halogens is 1. The molecule has 0 saturated carbocycles. The van der Waals surface area contributed by atoms with Gasteiger partial charge in [0.05, 0.1) is 6.33 Å². The number of benzene rings is 2. The first-order chi connectivity index (χ1) is 10.8. The molecule has 110 valence electrons. The van der Waals surface area contributed by atoms with Crippen molar-refractivity contribution in [1.29, 1.82) is 0 Å². The maximum atomic E-state index is 13.2. The Morgan fingerprint density at radius 2 is 1.82 bits per heavy atom. The number of nitrogens with zero attached hydrogens (tertiary/aromatic N) is 1. The van der Waals surface area contributed by atoms with Crippen molar-refractivity contribution < 1.29 is 4.39 Å². The number of rotatable bonds is 3. The number of hydrogen-bond acceptors (Lipinski definition) is 1. The first-order valence-electron chi connectivity index (χ1n) is 7.63. The van der Waals surface area contributed by atoms with Gasteiger partial charge in [-0.25, -0.2) is 9.37 Å². The Morgan fingerprint density at radius 3 is 2.55 bits per heavy atom. The van der Waals surface area contributed by atoms with E-state index in [2.05, 4.69) is 34.2 Å². The van der Waals surface area contributed by atoms with Gasteiger partial charge in [-0.2, -0.15) is 0 Å². The molecule has 3 heteroatoms. The van der Waals surface area contributed by atoms with Crippen molar-refractivity contribution in [1.82, 2.24) is 9.97 Å². The van der Waals surface area contributed by atoms with E-state index in [0.29, 0.717) is 11.8 Å². The second-order valence-corrected chi connectivity index (χ2v) is 5.95. The molecular formula is C19H17FN2. The molecule has 1 aliphatic carbocycles. The molecule has 3 aromatic rings. The van der Waals surface area contributed by atoms with Crippen LogP contribution < -0.4 is 0 Å². The number of nitrogens with one attached hydrogen (secondary N) is 1. The predicted molar refractivity (Wildman–Crippen MR) is 84.3 cm³/mol. The highest BCUT2D eigenvalue weighted by Crippen LogP contribution is 2.46. The lowest BCUT2D eigenvalue weighted by Crippen LogP contribution is -2.00. The maximum absolute atomic E-state index is 13.2. The number of aromatic nitrogens is 2. The molecule has 4 rings (SSSR count). The van der Waals surface area contributed by atoms with Crippen LogP contribution in [0.15, 0.2) is 61.1 Å². The summed E-state index contributed by atoms with van der Waals surface area (Å²) in [5.41, 5.74) is 5.14. The summed E-state index contributed by atoms with van der Waals surface area (Å²) in [6.07, 6.45) is 5.65. The zero-order valence-electron chi connectivity index (χ0n) is 12.2. The minimum absolute atomic E-state index is 0.177. The van der Waals surface area contributed by atoms with Crippen molar-refractivity contribution in [3.63, 3.8) is 0 Å². The number of hydrogen-bond donors (Lipinski definition) is 1. The highest BCUT2D eigenvalue weighted by atomic mass is 19.1. The maximum Gasteiger partial charge on any atom is 0.123 e. The second kappa shape index (κ2) is 5.41. The molecule has 2 nitrogen and oxygen atoms in total. The lowest BCUT2D eigenvalue weighted by atomic mass is 9.92. The Morgan fingerprint density at radius 1 is 1.05 bits per heavy atom. The lowest BCUT2D eigenvalue weighted by molar-refractivity contribution is 0.616. The molecule has 1 aliphatic rings. The van der Waals surface area contributed by atoms with Crippen molar-refractivity contribution in [3.8, 4) is 0 Å². The van der Waals surface area contributed by atoms with Gasteiger partial charge in [0, 0.05) is 17.8 Å². The Hall–Kier alpha value is -2.42. The Bertz CT molecular complexity index is 762. The fourth-order valence-corrected chi connectivity index (χ4v) is 3.60. The minimum Gasteiger partial charge on any atom is -0.348 e. The molecular weight excluding hydrogens is 275 g/mol. The summed E-state index contributed by atoms with van der Waals surface area (Å²) < 4.78 is 13.2. The summed E-state index contributed by atoms with van der Waals surface area (Å²) in [4.78, 5) is 7.31. The van der Waals surface area contributed by atoms with Gasteiger partial charge in [0.2, 0.25) is 0 Å². The van der Waals surface area contributed by atoms with Crippen molar-refractivity contribution in [3.05, 3.63) is 89.3 Å². The third-order valence-electron chi connectivity index (χ3n) is 4.63. The van der Waals surface area contributed by atoms with E-state index < -0.39 is 0 Å². The number of fused-ring (bicyclic) bond motifs is 1. The van der Waals surface area contributed by atoms with Crippen LogP contribution in [0.25, 0.3) is 0 Å². The standard InChI is InChI=1S/C19H17FN2/c20-15-7-5-13(6-8-15)19-10-14(9-16-11-21-12-22-16)17-3-1-2-4-18(17)19/h1-8,11-12,14,19H,9-10H2,(H,21,22). The van der Waals surface area contributed by atoms with E-state index in [-0.39, 0.29) is 5.82 Å². The molecule has 0 saturated heterocycles. The van der Waals surface area contributed by atoms with Crippen molar-refractivity contribution in [2.45, 2.75) is 24.7 Å². The lowest BCUT2D eigenvalue weighted by Gasteiger charge is -2.12. The van der Waals surface area contributed by atoms with E-state index in [1.54, 1.807) is 18.5 Å². The third kappa shape index (κ3) is 2.33. The van der Waals surface area contributed by atoms with Gasteiger partial charge in [0.15, 0.2) is 0 Å². The molecule has 0 aliphatic heterocycles. The summed E-state index contributed by atoms with van der Waals surface area (Å²) >= 11 is 0. The Kier molecular flexibility index (Phi) is 3.26. The molecule has 0 bridgehead atoms. The molecule has 1 N–H and O–H groups in total. The molecule has 0 fully saturated rings. The highest BCUT2D eigenvalue weighted by Gasteiger charge is 2.31. The SMILES string of the molecule is Fc1ccc(C2CC(Cc3cnc[nH]3)c3ccccc32)cc1. The molecule has 0 amide bonds. The third-order valence-corrected chi connectivity index (χ3v) is 4.63. The van der Waals surface area contributed by atoms with Crippen LogP contribution in [-0.4, -0.2) is 9.97 Å². The number of imidazole rings is 1. The summed E-state index contributed by atoms with van der Waals surface area (Å²) in [6.45, 7) is 0. The van der Waals surface area contributed by atoms with Gasteiger partial charge in [0.25, 0.3) is 0 Å². The molecule has 2 unspecified atom stereocenters. The Labute approximate surface area is 129 Å². The average molecular weight is 292 g/mol. The van der Waals surface area contributed by atoms with Crippen molar-refractivity contribution in [2.75, 3.05) is 0 Å². The van der Waals surface area contributed by atoms with Gasteiger partial charge in [-0.3, -0.25) is 0 Å². The van der Waals surface area contributed by atoms with E-state index in [0.717, 1.165) is 12.8 Å². The van der Waals surface area contributed by atoms with Crippen LogP contribution >= 0.6 is 0 Å². The first kappa shape index (κ1) is 13.3. The van der Waals surface area contributed by atoms with Gasteiger partial charge in [-0.05, 0) is 47.6 Å². The monoisotopic (exact) mass is 292 g/mol. The van der Waals surface area contributed by atoms with Crippen LogP contribution in [0.2, 0.25) is 0 Å². The summed E-state index contributed by atoms with van der Waals surface area (Å²) in [5, 5.41) is 0. The molecule has 1 aromatic heterocycles. The fraction of sp³-hybridized carbons (Fsp3) is 0.211. The van der Waals surface area contributed by atoms with Crippen LogP contribution in [0.3, 0.4) is 0 Å². The van der Waals surface area contributed by atoms with Gasteiger partial charge >= 0.3 is 0 Å². The van der Waals surface area contributed by atoms with Crippen LogP contribution in [-0.2, 0) is 6.42 Å². The van der Waals surface area contributed by atoms with E-state index in [9.17, 15) is 4.39 Å². The van der Waals surface area contributed by atoms with Gasteiger partial charge in [-0.15, -0.1) is 0 Å². The fourth-order valence-electron chi connectivity index (χ4n) is 3.60. The minimum atomic E-state index is -0.177. The van der Waals surface area contributed by atoms with E-state index in [1.807, 2.05) is 18.3 Å². The van der Waals surface area contributed by atoms with E-state index in [1.165, 1.54) is 22.4 Å². The van der Waals surface area contributed by atoms with Gasteiger partial charge in [-0.1, -0.05) is 36.4 Å². The zero-order valence-corrected chi connectivity index (χ0v) is 12.2. The predicted octanol–water partition coefficient (Wildman–Crippen LogP) is 4.41. The molecule has 2 aromatic carbocycles. The van der Waals surface area contributed by atoms with Crippen LogP contribution in [0.5, 0.6) is 0 Å². The molecule has 1 heterocycles. The molecule has 0 spiro atoms.